The maximum atomic E-state index is 11.1. The maximum absolute atomic E-state index is 11.1. The van der Waals surface area contributed by atoms with Crippen LogP contribution in [0.3, 0.4) is 0 Å². The smallest absolute Gasteiger partial charge is 0.310 e. The van der Waals surface area contributed by atoms with E-state index < -0.39 is 11.9 Å². The minimum Gasteiger partial charge on any atom is -0.481 e. The number of carboxylic acids is 1. The average Bonchev–Trinajstić information content (AvgIpc) is 2.77. The lowest BCUT2D eigenvalue weighted by Gasteiger charge is -2.25. The van der Waals surface area contributed by atoms with Crippen molar-refractivity contribution in [3.63, 3.8) is 0 Å². The van der Waals surface area contributed by atoms with Gasteiger partial charge in [0.25, 0.3) is 0 Å². The standard InChI is InChI=1S/C13H18N2O3/c1-9-4-3-5-10(14-9)6-15(2)12-8-18-7-11(12)13(16)17/h3-5,11-12H,6-8H2,1-2H3,(H,16,17). The summed E-state index contributed by atoms with van der Waals surface area (Å²) in [7, 11) is 1.92. The Bertz CT molecular complexity index is 436. The molecule has 2 unspecified atom stereocenters. The lowest BCUT2D eigenvalue weighted by atomic mass is 10.0. The summed E-state index contributed by atoms with van der Waals surface area (Å²) in [5.41, 5.74) is 1.92. The third kappa shape index (κ3) is 2.86. The van der Waals surface area contributed by atoms with Crippen molar-refractivity contribution in [1.82, 2.24) is 9.88 Å². The molecule has 5 heteroatoms. The number of aryl methyl sites for hydroxylation is 1. The van der Waals surface area contributed by atoms with Gasteiger partial charge < -0.3 is 9.84 Å². The Morgan fingerprint density at radius 1 is 1.56 bits per heavy atom. The molecule has 1 aliphatic rings. The van der Waals surface area contributed by atoms with Crippen LogP contribution >= 0.6 is 0 Å². The molecular formula is C13H18N2O3. The van der Waals surface area contributed by atoms with Crippen LogP contribution in [0.5, 0.6) is 0 Å². The van der Waals surface area contributed by atoms with Crippen molar-refractivity contribution in [2.24, 2.45) is 5.92 Å². The van der Waals surface area contributed by atoms with Crippen LogP contribution in [0.15, 0.2) is 18.2 Å². The Kier molecular flexibility index (Phi) is 3.93. The first-order valence-electron chi connectivity index (χ1n) is 6.01. The number of pyridine rings is 1. The van der Waals surface area contributed by atoms with Crippen LogP contribution in [0.4, 0.5) is 0 Å². The predicted molar refractivity (Wildman–Crippen MR) is 66.2 cm³/mol. The van der Waals surface area contributed by atoms with Gasteiger partial charge in [0.1, 0.15) is 0 Å². The van der Waals surface area contributed by atoms with Gasteiger partial charge >= 0.3 is 5.97 Å². The average molecular weight is 250 g/mol. The highest BCUT2D eigenvalue weighted by Gasteiger charge is 2.36. The van der Waals surface area contributed by atoms with E-state index in [9.17, 15) is 4.79 Å². The third-order valence-electron chi connectivity index (χ3n) is 3.29. The number of ether oxygens (including phenoxy) is 1. The number of carbonyl (C=O) groups is 1. The first-order chi connectivity index (χ1) is 8.58. The Morgan fingerprint density at radius 3 is 3.00 bits per heavy atom. The quantitative estimate of drug-likeness (QED) is 0.861. The second kappa shape index (κ2) is 5.46. The molecule has 2 rings (SSSR count). The molecule has 1 fully saturated rings. The van der Waals surface area contributed by atoms with Gasteiger partial charge in [-0.3, -0.25) is 14.7 Å². The van der Waals surface area contributed by atoms with E-state index in [1.165, 1.54) is 0 Å². The molecule has 1 aromatic rings. The summed E-state index contributed by atoms with van der Waals surface area (Å²) in [5.74, 6) is -1.23. The number of carboxylic acid groups (broad SMARTS) is 1. The van der Waals surface area contributed by atoms with Crippen molar-refractivity contribution in [2.75, 3.05) is 20.3 Å². The molecule has 0 spiro atoms. The SMILES string of the molecule is Cc1cccc(CN(C)C2COCC2C(=O)O)n1. The molecule has 2 atom stereocenters. The van der Waals surface area contributed by atoms with Gasteiger partial charge in [-0.1, -0.05) is 6.07 Å². The molecule has 0 bridgehead atoms. The van der Waals surface area contributed by atoms with E-state index in [0.29, 0.717) is 19.8 Å². The number of aliphatic carboxylic acids is 1. The lowest BCUT2D eigenvalue weighted by molar-refractivity contribution is -0.143. The molecule has 5 nitrogen and oxygen atoms in total. The number of hydrogen-bond acceptors (Lipinski definition) is 4. The molecule has 2 heterocycles. The monoisotopic (exact) mass is 250 g/mol. The van der Waals surface area contributed by atoms with Crippen LogP contribution in [0.2, 0.25) is 0 Å². The van der Waals surface area contributed by atoms with Crippen molar-refractivity contribution in [3.05, 3.63) is 29.6 Å². The minimum atomic E-state index is -0.790. The molecule has 0 saturated carbocycles. The summed E-state index contributed by atoms with van der Waals surface area (Å²) in [5, 5.41) is 9.12. The first-order valence-corrected chi connectivity index (χ1v) is 6.01. The third-order valence-corrected chi connectivity index (χ3v) is 3.29. The van der Waals surface area contributed by atoms with E-state index >= 15 is 0 Å². The fourth-order valence-electron chi connectivity index (χ4n) is 2.27. The fourth-order valence-corrected chi connectivity index (χ4v) is 2.27. The van der Waals surface area contributed by atoms with Crippen LogP contribution in [-0.4, -0.2) is 47.3 Å². The number of likely N-dealkylation sites (N-methyl/N-ethyl adjacent to an activating group) is 1. The molecule has 1 saturated heterocycles. The van der Waals surface area contributed by atoms with Crippen LogP contribution < -0.4 is 0 Å². The van der Waals surface area contributed by atoms with E-state index in [0.717, 1.165) is 11.4 Å². The van der Waals surface area contributed by atoms with Crippen molar-refractivity contribution in [2.45, 2.75) is 19.5 Å². The molecular weight excluding hydrogens is 232 g/mol. The second-order valence-electron chi connectivity index (χ2n) is 4.73. The molecule has 1 N–H and O–H groups in total. The summed E-state index contributed by atoms with van der Waals surface area (Å²) in [4.78, 5) is 17.5. The van der Waals surface area contributed by atoms with Crippen LogP contribution in [-0.2, 0) is 16.1 Å². The predicted octanol–water partition coefficient (Wildman–Crippen LogP) is 0.921. The molecule has 18 heavy (non-hydrogen) atoms. The number of aromatic nitrogens is 1. The van der Waals surface area contributed by atoms with Gasteiger partial charge in [0, 0.05) is 18.3 Å². The number of hydrogen-bond donors (Lipinski definition) is 1. The highest BCUT2D eigenvalue weighted by molar-refractivity contribution is 5.71. The molecule has 0 aliphatic carbocycles. The molecule has 98 valence electrons. The van der Waals surface area contributed by atoms with Crippen LogP contribution in [0, 0.1) is 12.8 Å². The number of nitrogens with zero attached hydrogens (tertiary/aromatic N) is 2. The largest absolute Gasteiger partial charge is 0.481 e. The van der Waals surface area contributed by atoms with Crippen LogP contribution in [0.25, 0.3) is 0 Å². The Labute approximate surface area is 106 Å². The summed E-state index contributed by atoms with van der Waals surface area (Å²) in [6.45, 7) is 3.35. The molecule has 0 aromatic carbocycles. The van der Waals surface area contributed by atoms with E-state index in [1.54, 1.807) is 0 Å². The van der Waals surface area contributed by atoms with Gasteiger partial charge in [-0.2, -0.15) is 0 Å². The van der Waals surface area contributed by atoms with Gasteiger partial charge in [-0.05, 0) is 26.1 Å². The Balaban J connectivity index is 2.03. The van der Waals surface area contributed by atoms with Gasteiger partial charge in [0.2, 0.25) is 0 Å². The Morgan fingerprint density at radius 2 is 2.33 bits per heavy atom. The zero-order valence-electron chi connectivity index (χ0n) is 10.7. The second-order valence-corrected chi connectivity index (χ2v) is 4.73. The van der Waals surface area contributed by atoms with Gasteiger partial charge in [0.15, 0.2) is 0 Å². The minimum absolute atomic E-state index is 0.0789. The summed E-state index contributed by atoms with van der Waals surface area (Å²) < 4.78 is 5.27. The lowest BCUT2D eigenvalue weighted by Crippen LogP contribution is -2.40. The van der Waals surface area contributed by atoms with Crippen molar-refractivity contribution in [3.8, 4) is 0 Å². The van der Waals surface area contributed by atoms with Gasteiger partial charge in [-0.15, -0.1) is 0 Å². The zero-order chi connectivity index (χ0) is 13.1. The molecule has 1 aliphatic heterocycles. The summed E-state index contributed by atoms with van der Waals surface area (Å²) in [6.07, 6.45) is 0. The highest BCUT2D eigenvalue weighted by atomic mass is 16.5. The van der Waals surface area contributed by atoms with Gasteiger partial charge in [0.05, 0.1) is 24.8 Å². The topological polar surface area (TPSA) is 62.7 Å². The van der Waals surface area contributed by atoms with E-state index in [2.05, 4.69) is 4.98 Å². The molecule has 0 amide bonds. The summed E-state index contributed by atoms with van der Waals surface area (Å²) >= 11 is 0. The first kappa shape index (κ1) is 13.0. The van der Waals surface area contributed by atoms with E-state index in [4.69, 9.17) is 9.84 Å². The highest BCUT2D eigenvalue weighted by Crippen LogP contribution is 2.20. The van der Waals surface area contributed by atoms with E-state index in [1.807, 2.05) is 37.1 Å². The summed E-state index contributed by atoms with van der Waals surface area (Å²) in [6, 6.07) is 5.78. The van der Waals surface area contributed by atoms with Crippen molar-refractivity contribution >= 4 is 5.97 Å². The fraction of sp³-hybridized carbons (Fsp3) is 0.538. The maximum Gasteiger partial charge on any atom is 0.310 e. The van der Waals surface area contributed by atoms with Crippen molar-refractivity contribution < 1.29 is 14.6 Å². The zero-order valence-corrected chi connectivity index (χ0v) is 10.7. The van der Waals surface area contributed by atoms with Crippen molar-refractivity contribution in [1.29, 1.82) is 0 Å². The molecule has 1 aromatic heterocycles. The van der Waals surface area contributed by atoms with Crippen LogP contribution in [0.1, 0.15) is 11.4 Å². The Hall–Kier alpha value is -1.46. The normalized spacial score (nSPS) is 23.5. The van der Waals surface area contributed by atoms with E-state index in [-0.39, 0.29) is 6.04 Å². The number of rotatable bonds is 4. The van der Waals surface area contributed by atoms with Gasteiger partial charge in [-0.25, -0.2) is 0 Å². The molecule has 0 radical (unpaired) electrons.